The second-order valence-electron chi connectivity index (χ2n) is 5.43. The Hall–Kier alpha value is -2.50. The molecule has 0 radical (unpaired) electrons. The molecule has 6 nitrogen and oxygen atoms in total. The Labute approximate surface area is 128 Å². The molecule has 1 saturated carbocycles. The lowest BCUT2D eigenvalue weighted by molar-refractivity contribution is 0.0689. The zero-order valence-corrected chi connectivity index (χ0v) is 12.6. The third kappa shape index (κ3) is 2.77. The van der Waals surface area contributed by atoms with E-state index in [0.29, 0.717) is 29.7 Å². The summed E-state index contributed by atoms with van der Waals surface area (Å²) in [5.74, 6) is 0.831. The zero-order valence-electron chi connectivity index (χ0n) is 12.6. The number of aryl methyl sites for hydroxylation is 1. The zero-order chi connectivity index (χ0) is 15.7. The van der Waals surface area contributed by atoms with Gasteiger partial charge in [-0.25, -0.2) is 4.79 Å². The van der Waals surface area contributed by atoms with Crippen molar-refractivity contribution in [2.75, 3.05) is 13.7 Å². The van der Waals surface area contributed by atoms with E-state index in [4.69, 9.17) is 14.6 Å². The molecule has 3 rings (SSSR count). The van der Waals surface area contributed by atoms with E-state index in [1.807, 2.05) is 18.2 Å². The molecule has 1 aromatic heterocycles. The van der Waals surface area contributed by atoms with Gasteiger partial charge in [-0.3, -0.25) is 4.68 Å². The molecule has 6 heteroatoms. The third-order valence-corrected chi connectivity index (χ3v) is 3.73. The van der Waals surface area contributed by atoms with E-state index in [9.17, 15) is 4.79 Å². The summed E-state index contributed by atoms with van der Waals surface area (Å²) in [6.07, 6.45) is 2.39. The molecule has 1 heterocycles. The maximum atomic E-state index is 11.1. The summed E-state index contributed by atoms with van der Waals surface area (Å²) in [6, 6.07) is 7.11. The van der Waals surface area contributed by atoms with Crippen LogP contribution in [0, 0.1) is 5.92 Å². The second kappa shape index (κ2) is 5.71. The summed E-state index contributed by atoms with van der Waals surface area (Å²) >= 11 is 0. The normalized spacial score (nSPS) is 13.9. The van der Waals surface area contributed by atoms with E-state index in [1.165, 1.54) is 12.8 Å². The Morgan fingerprint density at radius 3 is 2.82 bits per heavy atom. The van der Waals surface area contributed by atoms with Crippen LogP contribution in [0.3, 0.4) is 0 Å². The smallest absolute Gasteiger partial charge is 0.356 e. The van der Waals surface area contributed by atoms with E-state index in [-0.39, 0.29) is 5.69 Å². The number of ether oxygens (including phenoxy) is 2. The molecule has 0 unspecified atom stereocenters. The first kappa shape index (κ1) is 14.4. The molecule has 0 aliphatic heterocycles. The van der Waals surface area contributed by atoms with Crippen LogP contribution in [0.1, 0.15) is 23.3 Å². The molecule has 116 valence electrons. The maximum absolute atomic E-state index is 11.1. The van der Waals surface area contributed by atoms with Crippen LogP contribution >= 0.6 is 0 Å². The van der Waals surface area contributed by atoms with Gasteiger partial charge in [0, 0.05) is 12.6 Å². The average Bonchev–Trinajstić information content (AvgIpc) is 3.25. The minimum Gasteiger partial charge on any atom is -0.493 e. The van der Waals surface area contributed by atoms with E-state index < -0.39 is 5.97 Å². The molecule has 0 spiro atoms. The molecular weight excluding hydrogens is 284 g/mol. The van der Waals surface area contributed by atoms with Gasteiger partial charge in [-0.2, -0.15) is 5.10 Å². The van der Waals surface area contributed by atoms with Crippen LogP contribution in [0.25, 0.3) is 11.3 Å². The highest BCUT2D eigenvalue weighted by atomic mass is 16.5. The van der Waals surface area contributed by atoms with Gasteiger partial charge in [-0.05, 0) is 37.0 Å². The SMILES string of the molecule is COc1cccc(-c2cc(C(=O)O)nn2C)c1OCC1CC1. The van der Waals surface area contributed by atoms with Crippen LogP contribution < -0.4 is 9.47 Å². The lowest BCUT2D eigenvalue weighted by Gasteiger charge is -2.15. The highest BCUT2D eigenvalue weighted by Gasteiger charge is 2.24. The topological polar surface area (TPSA) is 73.6 Å². The second-order valence-corrected chi connectivity index (χ2v) is 5.43. The number of para-hydroxylation sites is 1. The largest absolute Gasteiger partial charge is 0.493 e. The standard InChI is InChI=1S/C16H18N2O4/c1-18-13(8-12(17-18)16(19)20)11-4-3-5-14(21-2)15(11)22-9-10-6-7-10/h3-5,8,10H,6-7,9H2,1-2H3,(H,19,20). The summed E-state index contributed by atoms with van der Waals surface area (Å²) in [6.45, 7) is 0.650. The summed E-state index contributed by atoms with van der Waals surface area (Å²) in [7, 11) is 3.31. The van der Waals surface area contributed by atoms with Gasteiger partial charge >= 0.3 is 5.97 Å². The fraction of sp³-hybridized carbons (Fsp3) is 0.375. The Bertz CT molecular complexity index is 704. The van der Waals surface area contributed by atoms with Crippen molar-refractivity contribution in [1.29, 1.82) is 0 Å². The van der Waals surface area contributed by atoms with Crippen molar-refractivity contribution in [3.05, 3.63) is 30.0 Å². The number of aromatic nitrogens is 2. The lowest BCUT2D eigenvalue weighted by Crippen LogP contribution is -2.04. The van der Waals surface area contributed by atoms with E-state index in [2.05, 4.69) is 5.10 Å². The molecule has 1 N–H and O–H groups in total. The third-order valence-electron chi connectivity index (χ3n) is 3.73. The van der Waals surface area contributed by atoms with Crippen LogP contribution in [-0.4, -0.2) is 34.6 Å². The van der Waals surface area contributed by atoms with Crippen LogP contribution in [-0.2, 0) is 7.05 Å². The van der Waals surface area contributed by atoms with Gasteiger partial charge < -0.3 is 14.6 Å². The number of carbonyl (C=O) groups is 1. The number of nitrogens with zero attached hydrogens (tertiary/aromatic N) is 2. The number of carboxylic acids is 1. The molecular formula is C16H18N2O4. The van der Waals surface area contributed by atoms with Crippen molar-refractivity contribution in [1.82, 2.24) is 9.78 Å². The fourth-order valence-electron chi connectivity index (χ4n) is 2.34. The first-order valence-corrected chi connectivity index (χ1v) is 7.17. The number of benzene rings is 1. The van der Waals surface area contributed by atoms with Gasteiger partial charge in [-0.1, -0.05) is 6.07 Å². The van der Waals surface area contributed by atoms with Crippen molar-refractivity contribution < 1.29 is 19.4 Å². The molecule has 1 aliphatic carbocycles. The quantitative estimate of drug-likeness (QED) is 0.887. The van der Waals surface area contributed by atoms with Gasteiger partial charge in [0.1, 0.15) is 0 Å². The number of methoxy groups -OCH3 is 1. The van der Waals surface area contributed by atoms with Gasteiger partial charge in [-0.15, -0.1) is 0 Å². The maximum Gasteiger partial charge on any atom is 0.356 e. The molecule has 1 fully saturated rings. The lowest BCUT2D eigenvalue weighted by atomic mass is 10.1. The summed E-state index contributed by atoms with van der Waals surface area (Å²) < 4.78 is 12.9. The van der Waals surface area contributed by atoms with Crippen molar-refractivity contribution >= 4 is 5.97 Å². The molecule has 1 aromatic carbocycles. The first-order valence-electron chi connectivity index (χ1n) is 7.17. The molecule has 0 bridgehead atoms. The van der Waals surface area contributed by atoms with Gasteiger partial charge in [0.25, 0.3) is 0 Å². The number of rotatable bonds is 6. The fourth-order valence-corrected chi connectivity index (χ4v) is 2.34. The Balaban J connectivity index is 2.02. The van der Waals surface area contributed by atoms with Crippen molar-refractivity contribution in [3.63, 3.8) is 0 Å². The number of aromatic carboxylic acids is 1. The highest BCUT2D eigenvalue weighted by molar-refractivity contribution is 5.87. The molecule has 1 aliphatic rings. The van der Waals surface area contributed by atoms with E-state index >= 15 is 0 Å². The Kier molecular flexibility index (Phi) is 3.75. The number of hydrogen-bond donors (Lipinski definition) is 1. The van der Waals surface area contributed by atoms with E-state index in [0.717, 1.165) is 5.56 Å². The van der Waals surface area contributed by atoms with Crippen molar-refractivity contribution in [2.24, 2.45) is 13.0 Å². The van der Waals surface area contributed by atoms with Crippen LogP contribution in [0.4, 0.5) is 0 Å². The van der Waals surface area contributed by atoms with E-state index in [1.54, 1.807) is 24.9 Å². The Morgan fingerprint density at radius 2 is 2.23 bits per heavy atom. The van der Waals surface area contributed by atoms with Gasteiger partial charge in [0.15, 0.2) is 17.2 Å². The predicted octanol–water partition coefficient (Wildman–Crippen LogP) is 2.58. The number of hydrogen-bond acceptors (Lipinski definition) is 4. The van der Waals surface area contributed by atoms with Crippen LogP contribution in [0.5, 0.6) is 11.5 Å². The van der Waals surface area contributed by atoms with Crippen molar-refractivity contribution in [3.8, 4) is 22.8 Å². The molecule has 0 amide bonds. The monoisotopic (exact) mass is 302 g/mol. The van der Waals surface area contributed by atoms with Crippen LogP contribution in [0.15, 0.2) is 24.3 Å². The summed E-state index contributed by atoms with van der Waals surface area (Å²) in [4.78, 5) is 11.1. The highest BCUT2D eigenvalue weighted by Crippen LogP contribution is 2.40. The minimum absolute atomic E-state index is 0.00784. The molecule has 22 heavy (non-hydrogen) atoms. The van der Waals surface area contributed by atoms with Gasteiger partial charge in [0.2, 0.25) is 0 Å². The molecule has 0 atom stereocenters. The van der Waals surface area contributed by atoms with Crippen LogP contribution in [0.2, 0.25) is 0 Å². The minimum atomic E-state index is -1.05. The van der Waals surface area contributed by atoms with Crippen molar-refractivity contribution in [2.45, 2.75) is 12.8 Å². The Morgan fingerprint density at radius 1 is 1.45 bits per heavy atom. The predicted molar refractivity (Wildman–Crippen MR) is 80.4 cm³/mol. The molecule has 0 saturated heterocycles. The first-order chi connectivity index (χ1) is 10.6. The average molecular weight is 302 g/mol. The number of carboxylic acid groups (broad SMARTS) is 1. The van der Waals surface area contributed by atoms with Gasteiger partial charge in [0.05, 0.1) is 19.4 Å². The summed E-state index contributed by atoms with van der Waals surface area (Å²) in [5, 5.41) is 13.1. The summed E-state index contributed by atoms with van der Waals surface area (Å²) in [5.41, 5.74) is 1.47. The molecule has 2 aromatic rings.